The highest BCUT2D eigenvalue weighted by Gasteiger charge is 2.26. The van der Waals surface area contributed by atoms with Gasteiger partial charge in [0.2, 0.25) is 16.8 Å². The van der Waals surface area contributed by atoms with Gasteiger partial charge in [0.25, 0.3) is 0 Å². The monoisotopic (exact) mass is 283 g/mol. The zero-order valence-corrected chi connectivity index (χ0v) is 11.6. The van der Waals surface area contributed by atoms with E-state index in [9.17, 15) is 8.42 Å². The summed E-state index contributed by atoms with van der Waals surface area (Å²) in [5.41, 5.74) is 1.21. The Morgan fingerprint density at radius 2 is 1.84 bits per heavy atom. The zero-order chi connectivity index (χ0) is 13.5. The standard InChI is InChI=1S/C13H17NO4S/c1-19(15,16)14-6-4-10(5-7-14)11-2-3-12-13(8-11)18-9-17-12/h2-3,8,10H,4-7,9H2,1H3. The van der Waals surface area contributed by atoms with Gasteiger partial charge in [0.15, 0.2) is 11.5 Å². The van der Waals surface area contributed by atoms with E-state index < -0.39 is 10.0 Å². The van der Waals surface area contributed by atoms with Gasteiger partial charge in [0.1, 0.15) is 0 Å². The lowest BCUT2D eigenvalue weighted by Gasteiger charge is -2.30. The summed E-state index contributed by atoms with van der Waals surface area (Å²) in [5.74, 6) is 1.98. The molecular weight excluding hydrogens is 266 g/mol. The van der Waals surface area contributed by atoms with Gasteiger partial charge < -0.3 is 9.47 Å². The van der Waals surface area contributed by atoms with E-state index in [0.29, 0.717) is 19.0 Å². The van der Waals surface area contributed by atoms with Gasteiger partial charge in [-0.25, -0.2) is 12.7 Å². The number of rotatable bonds is 2. The van der Waals surface area contributed by atoms with E-state index in [1.165, 1.54) is 11.8 Å². The van der Waals surface area contributed by atoms with Crippen molar-refractivity contribution in [3.8, 4) is 11.5 Å². The topological polar surface area (TPSA) is 55.8 Å². The molecule has 3 rings (SSSR count). The quantitative estimate of drug-likeness (QED) is 0.826. The van der Waals surface area contributed by atoms with Gasteiger partial charge in [-0.3, -0.25) is 0 Å². The second kappa shape index (κ2) is 4.68. The molecule has 2 aliphatic heterocycles. The van der Waals surface area contributed by atoms with Crippen LogP contribution in [0.4, 0.5) is 0 Å². The summed E-state index contributed by atoms with van der Waals surface area (Å²) < 4.78 is 35.2. The van der Waals surface area contributed by atoms with Crippen molar-refractivity contribution in [1.29, 1.82) is 0 Å². The average Bonchev–Trinajstić information content (AvgIpc) is 2.85. The van der Waals surface area contributed by atoms with Crippen LogP contribution in [0.5, 0.6) is 11.5 Å². The summed E-state index contributed by atoms with van der Waals surface area (Å²) in [6, 6.07) is 6.00. The summed E-state index contributed by atoms with van der Waals surface area (Å²) in [5, 5.41) is 0. The number of nitrogens with zero attached hydrogens (tertiary/aromatic N) is 1. The Morgan fingerprint density at radius 1 is 1.16 bits per heavy atom. The Kier molecular flexibility index (Phi) is 3.14. The van der Waals surface area contributed by atoms with Crippen LogP contribution in [0.25, 0.3) is 0 Å². The third kappa shape index (κ3) is 2.55. The van der Waals surface area contributed by atoms with Crippen LogP contribution in [0, 0.1) is 0 Å². The molecule has 0 radical (unpaired) electrons. The summed E-state index contributed by atoms with van der Waals surface area (Å²) in [6.07, 6.45) is 2.98. The second-order valence-electron chi connectivity index (χ2n) is 5.05. The predicted molar refractivity (Wildman–Crippen MR) is 71.0 cm³/mol. The van der Waals surface area contributed by atoms with Gasteiger partial charge in [-0.15, -0.1) is 0 Å². The molecule has 0 atom stereocenters. The van der Waals surface area contributed by atoms with E-state index >= 15 is 0 Å². The predicted octanol–water partition coefficient (Wildman–Crippen LogP) is 1.55. The van der Waals surface area contributed by atoms with Crippen molar-refractivity contribution in [3.63, 3.8) is 0 Å². The summed E-state index contributed by atoms with van der Waals surface area (Å²) in [4.78, 5) is 0. The number of fused-ring (bicyclic) bond motifs is 1. The molecule has 5 nitrogen and oxygen atoms in total. The molecule has 1 fully saturated rings. The summed E-state index contributed by atoms with van der Waals surface area (Å²) >= 11 is 0. The Hall–Kier alpha value is -1.27. The van der Waals surface area contributed by atoms with E-state index in [2.05, 4.69) is 0 Å². The van der Waals surface area contributed by atoms with Crippen LogP contribution in [-0.4, -0.2) is 38.9 Å². The first-order chi connectivity index (χ1) is 9.04. The van der Waals surface area contributed by atoms with Crippen LogP contribution < -0.4 is 9.47 Å². The number of ether oxygens (including phenoxy) is 2. The molecule has 2 aliphatic rings. The van der Waals surface area contributed by atoms with E-state index in [1.807, 2.05) is 18.2 Å². The van der Waals surface area contributed by atoms with Gasteiger partial charge in [0.05, 0.1) is 6.26 Å². The fraction of sp³-hybridized carbons (Fsp3) is 0.538. The van der Waals surface area contributed by atoms with Crippen molar-refractivity contribution in [2.24, 2.45) is 0 Å². The molecule has 1 saturated heterocycles. The van der Waals surface area contributed by atoms with Crippen molar-refractivity contribution in [2.75, 3.05) is 26.1 Å². The largest absolute Gasteiger partial charge is 0.454 e. The molecule has 104 valence electrons. The fourth-order valence-corrected chi connectivity index (χ4v) is 3.56. The van der Waals surface area contributed by atoms with E-state index in [1.54, 1.807) is 4.31 Å². The van der Waals surface area contributed by atoms with Crippen molar-refractivity contribution in [3.05, 3.63) is 23.8 Å². The highest BCUT2D eigenvalue weighted by atomic mass is 32.2. The molecule has 6 heteroatoms. The van der Waals surface area contributed by atoms with Crippen molar-refractivity contribution < 1.29 is 17.9 Å². The third-order valence-electron chi connectivity index (χ3n) is 3.79. The molecule has 19 heavy (non-hydrogen) atoms. The first-order valence-corrected chi connectivity index (χ1v) is 8.23. The molecule has 0 aliphatic carbocycles. The van der Waals surface area contributed by atoms with Crippen LogP contribution in [-0.2, 0) is 10.0 Å². The zero-order valence-electron chi connectivity index (χ0n) is 10.8. The molecule has 0 bridgehead atoms. The highest BCUT2D eigenvalue weighted by molar-refractivity contribution is 7.88. The number of piperidine rings is 1. The van der Waals surface area contributed by atoms with Crippen LogP contribution in [0.15, 0.2) is 18.2 Å². The molecule has 0 aromatic heterocycles. The third-order valence-corrected chi connectivity index (χ3v) is 5.09. The Labute approximate surface area is 113 Å². The lowest BCUT2D eigenvalue weighted by Crippen LogP contribution is -2.37. The normalized spacial score (nSPS) is 20.7. The van der Waals surface area contributed by atoms with Crippen LogP contribution in [0.1, 0.15) is 24.3 Å². The average molecular weight is 283 g/mol. The first-order valence-electron chi connectivity index (χ1n) is 6.39. The fourth-order valence-electron chi connectivity index (χ4n) is 2.69. The SMILES string of the molecule is CS(=O)(=O)N1CCC(c2ccc3c(c2)OCO3)CC1. The smallest absolute Gasteiger partial charge is 0.231 e. The molecule has 0 amide bonds. The Balaban J connectivity index is 1.72. The van der Waals surface area contributed by atoms with E-state index in [-0.39, 0.29) is 6.79 Å². The Morgan fingerprint density at radius 3 is 2.53 bits per heavy atom. The number of hydrogen-bond acceptors (Lipinski definition) is 4. The summed E-state index contributed by atoms with van der Waals surface area (Å²) in [6.45, 7) is 1.47. The van der Waals surface area contributed by atoms with Crippen LogP contribution in [0.3, 0.4) is 0 Å². The lowest BCUT2D eigenvalue weighted by molar-refractivity contribution is 0.174. The van der Waals surface area contributed by atoms with Gasteiger partial charge in [-0.05, 0) is 36.5 Å². The first kappa shape index (κ1) is 12.7. The molecular formula is C13H17NO4S. The number of sulfonamides is 1. The second-order valence-corrected chi connectivity index (χ2v) is 7.03. The minimum atomic E-state index is -3.05. The van der Waals surface area contributed by atoms with Crippen molar-refractivity contribution >= 4 is 10.0 Å². The van der Waals surface area contributed by atoms with Gasteiger partial charge in [-0.1, -0.05) is 6.07 Å². The minimum Gasteiger partial charge on any atom is -0.454 e. The van der Waals surface area contributed by atoms with E-state index in [4.69, 9.17) is 9.47 Å². The molecule has 0 saturated carbocycles. The Bertz CT molecular complexity index is 576. The molecule has 2 heterocycles. The highest BCUT2D eigenvalue weighted by Crippen LogP contribution is 2.37. The number of benzene rings is 1. The van der Waals surface area contributed by atoms with Crippen LogP contribution in [0.2, 0.25) is 0 Å². The van der Waals surface area contributed by atoms with Crippen LogP contribution >= 0.6 is 0 Å². The molecule has 0 unspecified atom stereocenters. The van der Waals surface area contributed by atoms with Gasteiger partial charge >= 0.3 is 0 Å². The number of hydrogen-bond donors (Lipinski definition) is 0. The molecule has 1 aromatic carbocycles. The summed E-state index contributed by atoms with van der Waals surface area (Å²) in [7, 11) is -3.05. The maximum Gasteiger partial charge on any atom is 0.231 e. The molecule has 0 N–H and O–H groups in total. The lowest BCUT2D eigenvalue weighted by atomic mass is 9.90. The van der Waals surface area contributed by atoms with Crippen molar-refractivity contribution in [1.82, 2.24) is 4.31 Å². The van der Waals surface area contributed by atoms with Gasteiger partial charge in [-0.2, -0.15) is 0 Å². The maximum atomic E-state index is 11.5. The van der Waals surface area contributed by atoms with Gasteiger partial charge in [0, 0.05) is 13.1 Å². The van der Waals surface area contributed by atoms with Crippen molar-refractivity contribution in [2.45, 2.75) is 18.8 Å². The van der Waals surface area contributed by atoms with E-state index in [0.717, 1.165) is 24.3 Å². The molecule has 1 aromatic rings. The maximum absolute atomic E-state index is 11.5. The minimum absolute atomic E-state index is 0.283. The molecule has 0 spiro atoms.